The third-order valence-electron chi connectivity index (χ3n) is 4.00. The molecule has 1 saturated heterocycles. The summed E-state index contributed by atoms with van der Waals surface area (Å²) in [6.45, 7) is 3.90. The first-order valence-corrected chi connectivity index (χ1v) is 6.96. The zero-order valence-electron chi connectivity index (χ0n) is 10.4. The lowest BCUT2D eigenvalue weighted by atomic mass is 10.1. The molecule has 0 bridgehead atoms. The first kappa shape index (κ1) is 12.3. The highest BCUT2D eigenvalue weighted by atomic mass is 16.5. The van der Waals surface area contributed by atoms with Crippen LogP contribution in [0.5, 0.6) is 0 Å². The first-order chi connectivity index (χ1) is 7.90. The van der Waals surface area contributed by atoms with Crippen LogP contribution in [0.3, 0.4) is 0 Å². The van der Waals surface area contributed by atoms with Crippen LogP contribution in [-0.4, -0.2) is 43.3 Å². The first-order valence-electron chi connectivity index (χ1n) is 6.96. The molecule has 0 aromatic heterocycles. The molecular weight excluding hydrogens is 200 g/mol. The van der Waals surface area contributed by atoms with Gasteiger partial charge in [-0.1, -0.05) is 25.7 Å². The largest absolute Gasteiger partial charge is 0.376 e. The van der Waals surface area contributed by atoms with Gasteiger partial charge in [-0.15, -0.1) is 0 Å². The van der Waals surface area contributed by atoms with E-state index in [-0.39, 0.29) is 0 Å². The van der Waals surface area contributed by atoms with E-state index < -0.39 is 0 Å². The summed E-state index contributed by atoms with van der Waals surface area (Å²) < 4.78 is 5.75. The maximum absolute atomic E-state index is 5.75. The Labute approximate surface area is 99.3 Å². The second kappa shape index (κ2) is 6.58. The lowest BCUT2D eigenvalue weighted by molar-refractivity contribution is -0.0472. The minimum Gasteiger partial charge on any atom is -0.376 e. The third-order valence-corrected chi connectivity index (χ3v) is 4.00. The van der Waals surface area contributed by atoms with Gasteiger partial charge in [-0.05, 0) is 25.8 Å². The van der Waals surface area contributed by atoms with Crippen LogP contribution in [0.25, 0.3) is 0 Å². The van der Waals surface area contributed by atoms with E-state index in [0.717, 1.165) is 38.7 Å². The molecule has 2 aliphatic rings. The zero-order valence-corrected chi connectivity index (χ0v) is 10.4. The fourth-order valence-corrected chi connectivity index (χ4v) is 3.06. The van der Waals surface area contributed by atoms with Crippen molar-refractivity contribution in [2.45, 2.75) is 57.1 Å². The maximum atomic E-state index is 5.75. The summed E-state index contributed by atoms with van der Waals surface area (Å²) >= 11 is 0. The molecule has 1 unspecified atom stereocenters. The molecule has 0 radical (unpaired) electrons. The fourth-order valence-electron chi connectivity index (χ4n) is 3.06. The van der Waals surface area contributed by atoms with E-state index in [9.17, 15) is 0 Å². The number of rotatable bonds is 3. The molecule has 0 aromatic carbocycles. The van der Waals surface area contributed by atoms with Crippen molar-refractivity contribution in [3.63, 3.8) is 0 Å². The van der Waals surface area contributed by atoms with Gasteiger partial charge < -0.3 is 10.5 Å². The molecule has 1 aliphatic carbocycles. The summed E-state index contributed by atoms with van der Waals surface area (Å²) in [6.07, 6.45) is 9.92. The summed E-state index contributed by atoms with van der Waals surface area (Å²) in [5.41, 5.74) is 5.61. The molecule has 0 aromatic rings. The highest BCUT2D eigenvalue weighted by Crippen LogP contribution is 2.23. The smallest absolute Gasteiger partial charge is 0.0714 e. The molecule has 3 nitrogen and oxygen atoms in total. The minimum atomic E-state index is 0.391. The van der Waals surface area contributed by atoms with Crippen molar-refractivity contribution in [1.82, 2.24) is 4.90 Å². The van der Waals surface area contributed by atoms with Crippen molar-refractivity contribution in [2.24, 2.45) is 5.73 Å². The van der Waals surface area contributed by atoms with Crippen LogP contribution in [0.15, 0.2) is 0 Å². The molecule has 16 heavy (non-hydrogen) atoms. The quantitative estimate of drug-likeness (QED) is 0.745. The molecular formula is C13H26N2O. The Morgan fingerprint density at radius 3 is 2.56 bits per heavy atom. The van der Waals surface area contributed by atoms with Crippen LogP contribution in [0.1, 0.15) is 44.9 Å². The van der Waals surface area contributed by atoms with Crippen molar-refractivity contribution in [3.8, 4) is 0 Å². The third kappa shape index (κ3) is 3.44. The van der Waals surface area contributed by atoms with E-state index in [1.54, 1.807) is 0 Å². The van der Waals surface area contributed by atoms with E-state index in [1.165, 1.54) is 38.5 Å². The molecule has 1 saturated carbocycles. The molecule has 0 spiro atoms. The van der Waals surface area contributed by atoms with Gasteiger partial charge in [-0.3, -0.25) is 4.90 Å². The summed E-state index contributed by atoms with van der Waals surface area (Å²) in [6, 6.07) is 0.826. The van der Waals surface area contributed by atoms with E-state index in [2.05, 4.69) is 4.90 Å². The number of nitrogens with zero attached hydrogens (tertiary/aromatic N) is 1. The van der Waals surface area contributed by atoms with Gasteiger partial charge in [0.05, 0.1) is 12.7 Å². The summed E-state index contributed by atoms with van der Waals surface area (Å²) in [5.74, 6) is 0. The van der Waals surface area contributed by atoms with Gasteiger partial charge in [0.2, 0.25) is 0 Å². The van der Waals surface area contributed by atoms with Crippen LogP contribution in [0.4, 0.5) is 0 Å². The Morgan fingerprint density at radius 2 is 1.88 bits per heavy atom. The van der Waals surface area contributed by atoms with Crippen LogP contribution >= 0.6 is 0 Å². The predicted octanol–water partition coefficient (Wildman–Crippen LogP) is 1.76. The van der Waals surface area contributed by atoms with Gasteiger partial charge in [0.15, 0.2) is 0 Å². The highest BCUT2D eigenvalue weighted by molar-refractivity contribution is 4.80. The predicted molar refractivity (Wildman–Crippen MR) is 66.5 cm³/mol. The molecule has 94 valence electrons. The highest BCUT2D eigenvalue weighted by Gasteiger charge is 2.26. The van der Waals surface area contributed by atoms with Gasteiger partial charge >= 0.3 is 0 Å². The Morgan fingerprint density at radius 1 is 1.12 bits per heavy atom. The van der Waals surface area contributed by atoms with Gasteiger partial charge in [0, 0.05) is 19.1 Å². The SMILES string of the molecule is NCCC1CN(C2CCCCCC2)CCO1. The average Bonchev–Trinajstić information content (AvgIpc) is 2.58. The molecule has 2 fully saturated rings. The Kier molecular flexibility index (Phi) is 5.07. The Bertz CT molecular complexity index is 188. The topological polar surface area (TPSA) is 38.5 Å². The molecule has 2 N–H and O–H groups in total. The average molecular weight is 226 g/mol. The van der Waals surface area contributed by atoms with Crippen molar-refractivity contribution >= 4 is 0 Å². The van der Waals surface area contributed by atoms with Gasteiger partial charge in [-0.2, -0.15) is 0 Å². The van der Waals surface area contributed by atoms with Gasteiger partial charge in [0.25, 0.3) is 0 Å². The summed E-state index contributed by atoms with van der Waals surface area (Å²) in [5, 5.41) is 0. The molecule has 0 amide bonds. The summed E-state index contributed by atoms with van der Waals surface area (Å²) in [7, 11) is 0. The van der Waals surface area contributed by atoms with E-state index >= 15 is 0 Å². The zero-order chi connectivity index (χ0) is 11.2. The molecule has 1 aliphatic heterocycles. The van der Waals surface area contributed by atoms with Crippen LogP contribution in [0, 0.1) is 0 Å². The van der Waals surface area contributed by atoms with Gasteiger partial charge in [-0.25, -0.2) is 0 Å². The van der Waals surface area contributed by atoms with Gasteiger partial charge in [0.1, 0.15) is 0 Å². The van der Waals surface area contributed by atoms with Crippen molar-refractivity contribution < 1.29 is 4.74 Å². The molecule has 3 heteroatoms. The Hall–Kier alpha value is -0.120. The number of ether oxygens (including phenoxy) is 1. The van der Waals surface area contributed by atoms with E-state index in [4.69, 9.17) is 10.5 Å². The minimum absolute atomic E-state index is 0.391. The normalized spacial score (nSPS) is 30.2. The summed E-state index contributed by atoms with van der Waals surface area (Å²) in [4.78, 5) is 2.66. The lowest BCUT2D eigenvalue weighted by Crippen LogP contribution is -2.48. The number of morpholine rings is 1. The second-order valence-electron chi connectivity index (χ2n) is 5.21. The Balaban J connectivity index is 1.82. The lowest BCUT2D eigenvalue weighted by Gasteiger charge is -2.38. The van der Waals surface area contributed by atoms with Crippen LogP contribution in [-0.2, 0) is 4.74 Å². The maximum Gasteiger partial charge on any atom is 0.0714 e. The van der Waals surface area contributed by atoms with Crippen LogP contribution < -0.4 is 5.73 Å². The fraction of sp³-hybridized carbons (Fsp3) is 1.00. The van der Waals surface area contributed by atoms with Crippen molar-refractivity contribution in [2.75, 3.05) is 26.2 Å². The van der Waals surface area contributed by atoms with E-state index in [1.807, 2.05) is 0 Å². The monoisotopic (exact) mass is 226 g/mol. The standard InChI is InChI=1S/C13H26N2O/c14-8-7-13-11-15(9-10-16-13)12-5-3-1-2-4-6-12/h12-13H,1-11,14H2. The molecule has 1 atom stereocenters. The molecule has 2 rings (SSSR count). The van der Waals surface area contributed by atoms with Crippen molar-refractivity contribution in [1.29, 1.82) is 0 Å². The molecule has 1 heterocycles. The van der Waals surface area contributed by atoms with Crippen LogP contribution in [0.2, 0.25) is 0 Å². The van der Waals surface area contributed by atoms with Crippen molar-refractivity contribution in [3.05, 3.63) is 0 Å². The number of hydrogen-bond acceptors (Lipinski definition) is 3. The number of nitrogens with two attached hydrogens (primary N) is 1. The number of hydrogen-bond donors (Lipinski definition) is 1. The van der Waals surface area contributed by atoms with E-state index in [0.29, 0.717) is 6.10 Å². The second-order valence-corrected chi connectivity index (χ2v) is 5.21.